The fourth-order valence-electron chi connectivity index (χ4n) is 8.81. The molecule has 0 fully saturated rings. The van der Waals surface area contributed by atoms with Crippen LogP contribution in [0.3, 0.4) is 0 Å². The molecule has 2 aliphatic rings. The summed E-state index contributed by atoms with van der Waals surface area (Å²) in [5.41, 5.74) is 18.3. The van der Waals surface area contributed by atoms with E-state index in [9.17, 15) is 0 Å². The second kappa shape index (κ2) is 11.0. The Morgan fingerprint density at radius 1 is 0.500 bits per heavy atom. The molecule has 7 aromatic carbocycles. The highest BCUT2D eigenvalue weighted by Gasteiger charge is 2.25. The zero-order valence-corrected chi connectivity index (χ0v) is 29.1. The highest BCUT2D eigenvalue weighted by Crippen LogP contribution is 2.43. The van der Waals surface area contributed by atoms with E-state index < -0.39 is 0 Å². The van der Waals surface area contributed by atoms with E-state index >= 15 is 0 Å². The number of imidazole rings is 1. The number of para-hydroxylation sites is 4. The highest BCUT2D eigenvalue weighted by atomic mass is 15.4. The van der Waals surface area contributed by atoms with Gasteiger partial charge in [0.1, 0.15) is 5.82 Å². The van der Waals surface area contributed by atoms with Crippen molar-refractivity contribution in [1.29, 1.82) is 0 Å². The first-order valence-corrected chi connectivity index (χ1v) is 18.0. The Kier molecular flexibility index (Phi) is 6.14. The van der Waals surface area contributed by atoms with Gasteiger partial charge in [-0.05, 0) is 82.8 Å². The van der Waals surface area contributed by atoms with Gasteiger partial charge >= 0.3 is 0 Å². The van der Waals surface area contributed by atoms with Crippen LogP contribution in [0.25, 0.3) is 72.2 Å². The molecule has 0 atom stereocenters. The lowest BCUT2D eigenvalue weighted by Gasteiger charge is -2.21. The van der Waals surface area contributed by atoms with Crippen molar-refractivity contribution in [3.05, 3.63) is 163 Å². The Morgan fingerprint density at radius 3 is 2.15 bits per heavy atom. The molecule has 11 rings (SSSR count). The maximum absolute atomic E-state index is 5.39. The zero-order valence-electron chi connectivity index (χ0n) is 29.1. The molecule has 0 radical (unpaired) electrons. The zero-order chi connectivity index (χ0) is 34.5. The minimum atomic E-state index is 0.813. The van der Waals surface area contributed by atoms with Gasteiger partial charge in [-0.15, -0.1) is 0 Å². The van der Waals surface area contributed by atoms with Crippen molar-refractivity contribution in [2.75, 3.05) is 23.5 Å². The molecule has 0 saturated heterocycles. The number of rotatable bonds is 4. The van der Waals surface area contributed by atoms with Gasteiger partial charge in [0.2, 0.25) is 0 Å². The SMILES string of the molecule is CN1CN(c2cccc(-n3c4ccccc4c4ccc(-c5nc6c(-c7ccc8c(c7)Cc7ccccc7-8)cccc6n5C)cc43)c2)c2ccccc21. The number of nitrogens with zero attached hydrogens (tertiary/aromatic N) is 5. The summed E-state index contributed by atoms with van der Waals surface area (Å²) in [5.74, 6) is 0.959. The van der Waals surface area contributed by atoms with Gasteiger partial charge in [0.15, 0.2) is 0 Å². The van der Waals surface area contributed by atoms with Crippen LogP contribution in [-0.2, 0) is 13.5 Å². The van der Waals surface area contributed by atoms with Gasteiger partial charge in [-0.1, -0.05) is 103 Å². The summed E-state index contributed by atoms with van der Waals surface area (Å²) < 4.78 is 4.66. The summed E-state index contributed by atoms with van der Waals surface area (Å²) in [5, 5.41) is 2.47. The Bertz CT molecular complexity index is 2910. The molecule has 0 bridgehead atoms. The molecular formula is C47H35N5. The molecule has 0 saturated carbocycles. The third-order valence-corrected chi connectivity index (χ3v) is 11.3. The van der Waals surface area contributed by atoms with Crippen LogP contribution in [0.15, 0.2) is 152 Å². The molecule has 0 spiro atoms. The summed E-state index contributed by atoms with van der Waals surface area (Å²) in [6.45, 7) is 0.813. The van der Waals surface area contributed by atoms with Crippen LogP contribution in [0.2, 0.25) is 0 Å². The first-order chi connectivity index (χ1) is 25.6. The quantitative estimate of drug-likeness (QED) is 0.187. The van der Waals surface area contributed by atoms with Crippen LogP contribution in [0.5, 0.6) is 0 Å². The smallest absolute Gasteiger partial charge is 0.140 e. The maximum Gasteiger partial charge on any atom is 0.140 e. The van der Waals surface area contributed by atoms with E-state index in [1.54, 1.807) is 0 Å². The molecule has 1 aliphatic heterocycles. The lowest BCUT2D eigenvalue weighted by Crippen LogP contribution is -2.24. The van der Waals surface area contributed by atoms with E-state index in [1.165, 1.54) is 72.2 Å². The molecule has 9 aromatic rings. The minimum absolute atomic E-state index is 0.813. The maximum atomic E-state index is 5.39. The number of hydrogen-bond donors (Lipinski definition) is 0. The molecule has 0 N–H and O–H groups in total. The normalized spacial score (nSPS) is 13.3. The number of aryl methyl sites for hydroxylation is 1. The predicted octanol–water partition coefficient (Wildman–Crippen LogP) is 11.1. The Morgan fingerprint density at radius 2 is 1.21 bits per heavy atom. The lowest BCUT2D eigenvalue weighted by atomic mass is 9.98. The standard InChI is InChI=1S/C47H35N5/c1-49-29-51(43-19-8-7-18-42(43)49)34-12-9-13-35(28-34)52-41-17-6-5-15-39(41)40-24-22-32(27-45(40)52)47-48-46-38(16-10-20-44(46)50(47)2)31-21-23-37-33(26-31)25-30-11-3-4-14-36(30)37/h3-24,26-28H,25,29H2,1-2H3. The van der Waals surface area contributed by atoms with Crippen LogP contribution in [0.4, 0.5) is 17.1 Å². The average Bonchev–Trinajstić information content (AvgIpc) is 3.93. The molecule has 248 valence electrons. The molecule has 5 nitrogen and oxygen atoms in total. The van der Waals surface area contributed by atoms with Gasteiger partial charge in [0, 0.05) is 47.4 Å². The van der Waals surface area contributed by atoms with Gasteiger partial charge < -0.3 is 18.9 Å². The third-order valence-electron chi connectivity index (χ3n) is 11.3. The van der Waals surface area contributed by atoms with Crippen LogP contribution in [0, 0.1) is 0 Å². The van der Waals surface area contributed by atoms with Crippen LogP contribution in [-0.4, -0.2) is 27.8 Å². The molecular weight excluding hydrogens is 635 g/mol. The number of benzene rings is 7. The van der Waals surface area contributed by atoms with Gasteiger partial charge in [-0.2, -0.15) is 0 Å². The number of fused-ring (bicyclic) bond motifs is 8. The summed E-state index contributed by atoms with van der Waals surface area (Å²) in [7, 11) is 4.30. The van der Waals surface area contributed by atoms with Gasteiger partial charge in [-0.25, -0.2) is 4.98 Å². The molecule has 3 heterocycles. The van der Waals surface area contributed by atoms with Crippen molar-refractivity contribution in [1.82, 2.24) is 14.1 Å². The van der Waals surface area contributed by atoms with Gasteiger partial charge in [0.05, 0.1) is 40.1 Å². The van der Waals surface area contributed by atoms with Crippen molar-refractivity contribution < 1.29 is 0 Å². The fraction of sp³-hybridized carbons (Fsp3) is 0.0851. The lowest BCUT2D eigenvalue weighted by molar-refractivity contribution is 0.948. The highest BCUT2D eigenvalue weighted by molar-refractivity contribution is 6.10. The number of hydrogen-bond acceptors (Lipinski definition) is 3. The monoisotopic (exact) mass is 669 g/mol. The van der Waals surface area contributed by atoms with E-state index in [2.05, 4.69) is 185 Å². The van der Waals surface area contributed by atoms with Crippen molar-refractivity contribution >= 4 is 49.9 Å². The van der Waals surface area contributed by atoms with E-state index in [-0.39, 0.29) is 0 Å². The third kappa shape index (κ3) is 4.20. The Hall–Kier alpha value is -6.59. The first-order valence-electron chi connectivity index (χ1n) is 18.0. The van der Waals surface area contributed by atoms with E-state index in [4.69, 9.17) is 4.98 Å². The van der Waals surface area contributed by atoms with E-state index in [1.807, 2.05) is 0 Å². The second-order valence-electron chi connectivity index (χ2n) is 14.2. The van der Waals surface area contributed by atoms with Crippen LogP contribution < -0.4 is 9.80 Å². The summed E-state index contributed by atoms with van der Waals surface area (Å²) >= 11 is 0. The van der Waals surface area contributed by atoms with E-state index in [0.717, 1.165) is 41.2 Å². The molecule has 52 heavy (non-hydrogen) atoms. The van der Waals surface area contributed by atoms with Crippen molar-refractivity contribution in [3.8, 4) is 39.3 Å². The van der Waals surface area contributed by atoms with Crippen molar-refractivity contribution in [2.45, 2.75) is 6.42 Å². The van der Waals surface area contributed by atoms with Gasteiger partial charge in [-0.3, -0.25) is 0 Å². The van der Waals surface area contributed by atoms with Crippen molar-refractivity contribution in [2.24, 2.45) is 7.05 Å². The van der Waals surface area contributed by atoms with Crippen molar-refractivity contribution in [3.63, 3.8) is 0 Å². The molecule has 2 aromatic heterocycles. The van der Waals surface area contributed by atoms with E-state index in [0.29, 0.717) is 0 Å². The topological polar surface area (TPSA) is 29.2 Å². The van der Waals surface area contributed by atoms with Crippen LogP contribution in [0.1, 0.15) is 11.1 Å². The van der Waals surface area contributed by atoms with Gasteiger partial charge in [0.25, 0.3) is 0 Å². The fourth-order valence-corrected chi connectivity index (χ4v) is 8.81. The summed E-state index contributed by atoms with van der Waals surface area (Å²) in [6, 6.07) is 55.4. The molecule has 0 unspecified atom stereocenters. The molecule has 0 amide bonds. The predicted molar refractivity (Wildman–Crippen MR) is 216 cm³/mol. The number of aromatic nitrogens is 3. The Labute approximate surface area is 302 Å². The second-order valence-corrected chi connectivity index (χ2v) is 14.2. The largest absolute Gasteiger partial charge is 0.355 e. The summed E-state index contributed by atoms with van der Waals surface area (Å²) in [6.07, 6.45) is 0.974. The van der Waals surface area contributed by atoms with Crippen LogP contribution >= 0.6 is 0 Å². The molecule has 5 heteroatoms. The number of anilines is 3. The average molecular weight is 670 g/mol. The molecule has 1 aliphatic carbocycles. The summed E-state index contributed by atoms with van der Waals surface area (Å²) in [4.78, 5) is 10.1. The Balaban J connectivity index is 1.04. The first kappa shape index (κ1) is 29.2. The minimum Gasteiger partial charge on any atom is -0.355 e.